The quantitative estimate of drug-likeness (QED) is 0.668. The van der Waals surface area contributed by atoms with Gasteiger partial charge in [-0.05, 0) is 48.6 Å². The number of aromatic nitrogens is 1. The van der Waals surface area contributed by atoms with Crippen molar-refractivity contribution in [2.45, 2.75) is 39.7 Å². The molecule has 0 aliphatic rings. The maximum absolute atomic E-state index is 11.7. The number of benzene rings is 2. The molecule has 0 fully saturated rings. The van der Waals surface area contributed by atoms with Crippen molar-refractivity contribution >= 4 is 16.8 Å². The van der Waals surface area contributed by atoms with Crippen LogP contribution in [-0.2, 0) is 17.8 Å². The molecule has 0 aliphatic carbocycles. The second-order valence-corrected chi connectivity index (χ2v) is 7.33. The highest BCUT2D eigenvalue weighted by Gasteiger charge is 2.19. The summed E-state index contributed by atoms with van der Waals surface area (Å²) in [5.41, 5.74) is 9.37. The average Bonchev–Trinajstić information content (AvgIpc) is 2.66. The minimum absolute atomic E-state index is 0.326. The summed E-state index contributed by atoms with van der Waals surface area (Å²) in [6, 6.07) is 17.9. The number of para-hydroxylation sites is 1. The van der Waals surface area contributed by atoms with Gasteiger partial charge in [-0.3, -0.25) is 4.79 Å². The molecule has 0 saturated heterocycles. The second-order valence-electron chi connectivity index (χ2n) is 7.33. The van der Waals surface area contributed by atoms with Crippen LogP contribution >= 0.6 is 0 Å². The van der Waals surface area contributed by atoms with Crippen LogP contribution in [0.15, 0.2) is 54.6 Å². The highest BCUT2D eigenvalue weighted by molar-refractivity contribution is 5.82. The number of primary amides is 1. The van der Waals surface area contributed by atoms with Gasteiger partial charge in [0.2, 0.25) is 5.91 Å². The van der Waals surface area contributed by atoms with E-state index in [1.54, 1.807) is 0 Å². The minimum atomic E-state index is -0.346. The lowest BCUT2D eigenvalue weighted by atomic mass is 9.90. The zero-order chi connectivity index (χ0) is 19.4. The van der Waals surface area contributed by atoms with Crippen molar-refractivity contribution in [2.24, 2.45) is 11.7 Å². The lowest BCUT2D eigenvalue weighted by Crippen LogP contribution is -2.20. The summed E-state index contributed by atoms with van der Waals surface area (Å²) in [5, 5.41) is 1.11. The molecule has 2 aromatic carbocycles. The fourth-order valence-electron chi connectivity index (χ4n) is 3.24. The number of amides is 1. The maximum Gasteiger partial charge on any atom is 0.224 e. The Balaban J connectivity index is 1.88. The number of nitrogens with zero attached hydrogens (tertiary/aromatic N) is 1. The molecule has 0 radical (unpaired) electrons. The highest BCUT2D eigenvalue weighted by atomic mass is 16.5. The smallest absolute Gasteiger partial charge is 0.224 e. The Kier molecular flexibility index (Phi) is 5.75. The molecule has 3 aromatic rings. The van der Waals surface area contributed by atoms with Crippen LogP contribution in [0.1, 0.15) is 43.5 Å². The van der Waals surface area contributed by atoms with Gasteiger partial charge in [0.05, 0.1) is 17.1 Å². The fraction of sp³-hybridized carbons (Fsp3) is 0.304. The first-order chi connectivity index (χ1) is 13.0. The number of hydrogen-bond acceptors (Lipinski definition) is 3. The van der Waals surface area contributed by atoms with Gasteiger partial charge in [0.15, 0.2) is 0 Å². The Hall–Kier alpha value is -2.88. The molecule has 3 rings (SSSR count). The van der Waals surface area contributed by atoms with Crippen LogP contribution in [0.5, 0.6) is 5.75 Å². The number of carbonyl (C=O) groups excluding carboxylic acids is 1. The number of hydrogen-bond donors (Lipinski definition) is 1. The first kappa shape index (κ1) is 18.9. The Morgan fingerprint density at radius 1 is 1.04 bits per heavy atom. The molecule has 1 amide bonds. The molecule has 0 spiro atoms. The molecule has 4 heteroatoms. The molecule has 2 N–H and O–H groups in total. The van der Waals surface area contributed by atoms with E-state index < -0.39 is 0 Å². The minimum Gasteiger partial charge on any atom is -0.487 e. The third kappa shape index (κ3) is 4.45. The number of ether oxygens (including phenoxy) is 1. The van der Waals surface area contributed by atoms with Crippen molar-refractivity contribution in [1.82, 2.24) is 4.98 Å². The maximum atomic E-state index is 11.7. The summed E-state index contributed by atoms with van der Waals surface area (Å²) in [5.74, 6) is 0.561. The summed E-state index contributed by atoms with van der Waals surface area (Å²) in [7, 11) is 0. The number of fused-ring (bicyclic) bond motifs is 1. The number of pyridine rings is 1. The standard InChI is InChI=1S/C23H26N2O2/c1-15(2)13-20-19(16(3)23(24)26)8-6-10-22(20)27-14-18-12-11-17-7-4-5-9-21(17)25-18/h4-12,15-16H,13-14H2,1-3H3,(H2,24,26). The topological polar surface area (TPSA) is 65.2 Å². The average molecular weight is 362 g/mol. The predicted molar refractivity (Wildman–Crippen MR) is 109 cm³/mol. The van der Waals surface area contributed by atoms with Crippen LogP contribution < -0.4 is 10.5 Å². The van der Waals surface area contributed by atoms with Crippen LogP contribution in [0.2, 0.25) is 0 Å². The molecule has 140 valence electrons. The molecule has 0 saturated carbocycles. The van der Waals surface area contributed by atoms with Gasteiger partial charge in [0, 0.05) is 5.39 Å². The second kappa shape index (κ2) is 8.21. The van der Waals surface area contributed by atoms with Crippen LogP contribution in [0.25, 0.3) is 10.9 Å². The molecule has 1 heterocycles. The van der Waals surface area contributed by atoms with E-state index in [1.165, 1.54) is 0 Å². The molecule has 1 atom stereocenters. The molecule has 4 nitrogen and oxygen atoms in total. The zero-order valence-corrected chi connectivity index (χ0v) is 16.1. The lowest BCUT2D eigenvalue weighted by molar-refractivity contribution is -0.119. The van der Waals surface area contributed by atoms with Gasteiger partial charge < -0.3 is 10.5 Å². The highest BCUT2D eigenvalue weighted by Crippen LogP contribution is 2.31. The van der Waals surface area contributed by atoms with Crippen LogP contribution in [0.3, 0.4) is 0 Å². The van der Waals surface area contributed by atoms with Crippen molar-refractivity contribution in [3.05, 3.63) is 71.4 Å². The van der Waals surface area contributed by atoms with E-state index in [0.717, 1.165) is 39.9 Å². The third-order valence-electron chi connectivity index (χ3n) is 4.71. The molecular formula is C23H26N2O2. The molecule has 27 heavy (non-hydrogen) atoms. The SMILES string of the molecule is CC(C)Cc1c(OCc2ccc3ccccc3n2)cccc1C(C)C(N)=O. The van der Waals surface area contributed by atoms with E-state index in [0.29, 0.717) is 12.5 Å². The van der Waals surface area contributed by atoms with Crippen molar-refractivity contribution in [2.75, 3.05) is 0 Å². The van der Waals surface area contributed by atoms with E-state index >= 15 is 0 Å². The van der Waals surface area contributed by atoms with Gasteiger partial charge in [-0.25, -0.2) is 4.98 Å². The molecule has 1 aromatic heterocycles. The first-order valence-corrected chi connectivity index (χ1v) is 9.34. The number of carbonyl (C=O) groups is 1. The van der Waals surface area contributed by atoms with Gasteiger partial charge >= 0.3 is 0 Å². The Labute approximate surface area is 160 Å². The van der Waals surface area contributed by atoms with Crippen molar-refractivity contribution in [3.63, 3.8) is 0 Å². The lowest BCUT2D eigenvalue weighted by Gasteiger charge is -2.19. The molecule has 0 bridgehead atoms. The Morgan fingerprint density at radius 3 is 2.56 bits per heavy atom. The zero-order valence-electron chi connectivity index (χ0n) is 16.1. The van der Waals surface area contributed by atoms with Crippen LogP contribution in [0.4, 0.5) is 0 Å². The Bertz CT molecular complexity index is 950. The largest absolute Gasteiger partial charge is 0.487 e. The van der Waals surface area contributed by atoms with Gasteiger partial charge in [0.1, 0.15) is 12.4 Å². The van der Waals surface area contributed by atoms with Gasteiger partial charge in [-0.2, -0.15) is 0 Å². The van der Waals surface area contributed by atoms with Gasteiger partial charge in [-0.15, -0.1) is 0 Å². The van der Waals surface area contributed by atoms with Crippen LogP contribution in [-0.4, -0.2) is 10.9 Å². The predicted octanol–water partition coefficient (Wildman–Crippen LogP) is 4.60. The first-order valence-electron chi connectivity index (χ1n) is 9.34. The summed E-state index contributed by atoms with van der Waals surface area (Å²) >= 11 is 0. The van der Waals surface area contributed by atoms with Crippen molar-refractivity contribution < 1.29 is 9.53 Å². The van der Waals surface area contributed by atoms with E-state index in [-0.39, 0.29) is 11.8 Å². The normalized spacial score (nSPS) is 12.3. The van der Waals surface area contributed by atoms with Crippen molar-refractivity contribution in [3.8, 4) is 5.75 Å². The molecular weight excluding hydrogens is 336 g/mol. The molecule has 0 aliphatic heterocycles. The van der Waals surface area contributed by atoms with E-state index in [2.05, 4.69) is 24.9 Å². The third-order valence-corrected chi connectivity index (χ3v) is 4.71. The Morgan fingerprint density at radius 2 is 1.81 bits per heavy atom. The number of nitrogens with two attached hydrogens (primary N) is 1. The fourth-order valence-corrected chi connectivity index (χ4v) is 3.24. The van der Waals surface area contributed by atoms with Crippen LogP contribution in [0, 0.1) is 5.92 Å². The van der Waals surface area contributed by atoms with Crippen molar-refractivity contribution in [1.29, 1.82) is 0 Å². The van der Waals surface area contributed by atoms with E-state index in [1.807, 2.05) is 55.5 Å². The van der Waals surface area contributed by atoms with Gasteiger partial charge in [0.25, 0.3) is 0 Å². The molecule has 1 unspecified atom stereocenters. The summed E-state index contributed by atoms with van der Waals surface area (Å²) in [6.07, 6.45) is 0.828. The summed E-state index contributed by atoms with van der Waals surface area (Å²) in [6.45, 7) is 6.53. The summed E-state index contributed by atoms with van der Waals surface area (Å²) in [4.78, 5) is 16.4. The summed E-state index contributed by atoms with van der Waals surface area (Å²) < 4.78 is 6.13. The van der Waals surface area contributed by atoms with E-state index in [4.69, 9.17) is 10.5 Å². The van der Waals surface area contributed by atoms with Gasteiger partial charge in [-0.1, -0.05) is 50.2 Å². The van der Waals surface area contributed by atoms with E-state index in [9.17, 15) is 4.79 Å². The monoisotopic (exact) mass is 362 g/mol. The number of rotatable bonds is 7.